The second-order valence-electron chi connectivity index (χ2n) is 6.21. The van der Waals surface area contributed by atoms with Crippen molar-refractivity contribution in [3.8, 4) is 0 Å². The van der Waals surface area contributed by atoms with Gasteiger partial charge in [0.2, 0.25) is 5.91 Å². The molecule has 0 saturated carbocycles. The Bertz CT molecular complexity index is 1040. The van der Waals surface area contributed by atoms with E-state index in [0.29, 0.717) is 22.1 Å². The number of benzene rings is 1. The summed E-state index contributed by atoms with van der Waals surface area (Å²) in [5.41, 5.74) is 3.92. The van der Waals surface area contributed by atoms with E-state index >= 15 is 0 Å². The van der Waals surface area contributed by atoms with Gasteiger partial charge in [-0.1, -0.05) is 6.07 Å². The highest BCUT2D eigenvalue weighted by Gasteiger charge is 2.19. The zero-order valence-electron chi connectivity index (χ0n) is 15.4. The SMILES string of the molecule is CC(=O)Nc1cccc(NC(=O)c2sc3nc(C)nc(C)c3c2C)c1C. The fourth-order valence-electron chi connectivity index (χ4n) is 2.97. The standard InChI is InChI=1S/C19H20N4O2S/c1-9-14(22-13(5)24)7-6-8-15(9)23-18(25)17-10(2)16-11(3)20-12(4)21-19(16)26-17/h6-8H,1-5H3,(H,22,24)(H,23,25). The van der Waals surface area contributed by atoms with Crippen molar-refractivity contribution in [2.45, 2.75) is 34.6 Å². The number of carbonyl (C=O) groups excluding carboxylic acids is 2. The Hall–Kier alpha value is -2.80. The Balaban J connectivity index is 1.97. The van der Waals surface area contributed by atoms with E-state index in [0.717, 1.165) is 27.0 Å². The van der Waals surface area contributed by atoms with Crippen molar-refractivity contribution < 1.29 is 9.59 Å². The van der Waals surface area contributed by atoms with E-state index in [1.165, 1.54) is 18.3 Å². The van der Waals surface area contributed by atoms with E-state index in [2.05, 4.69) is 20.6 Å². The number of carbonyl (C=O) groups is 2. The molecule has 0 aliphatic heterocycles. The maximum Gasteiger partial charge on any atom is 0.266 e. The Morgan fingerprint density at radius 3 is 2.27 bits per heavy atom. The lowest BCUT2D eigenvalue weighted by Gasteiger charge is -2.12. The highest BCUT2D eigenvalue weighted by molar-refractivity contribution is 7.20. The van der Waals surface area contributed by atoms with Crippen molar-refractivity contribution in [2.75, 3.05) is 10.6 Å². The van der Waals surface area contributed by atoms with Crippen molar-refractivity contribution in [3.63, 3.8) is 0 Å². The van der Waals surface area contributed by atoms with Crippen LogP contribution in [-0.2, 0) is 4.79 Å². The van der Waals surface area contributed by atoms with Crippen LogP contribution in [0.5, 0.6) is 0 Å². The molecule has 2 heterocycles. The molecule has 0 fully saturated rings. The van der Waals surface area contributed by atoms with Crippen molar-refractivity contribution >= 4 is 44.7 Å². The first-order valence-corrected chi connectivity index (χ1v) is 9.02. The zero-order valence-corrected chi connectivity index (χ0v) is 16.2. The fourth-order valence-corrected chi connectivity index (χ4v) is 4.14. The van der Waals surface area contributed by atoms with Gasteiger partial charge < -0.3 is 10.6 Å². The van der Waals surface area contributed by atoms with Crippen LogP contribution in [0.3, 0.4) is 0 Å². The van der Waals surface area contributed by atoms with Crippen LogP contribution in [0, 0.1) is 27.7 Å². The minimum Gasteiger partial charge on any atom is -0.326 e. The number of hydrogen-bond acceptors (Lipinski definition) is 5. The molecule has 7 heteroatoms. The van der Waals surface area contributed by atoms with Crippen molar-refractivity contribution in [2.24, 2.45) is 0 Å². The van der Waals surface area contributed by atoms with E-state index in [1.54, 1.807) is 12.1 Å². The highest BCUT2D eigenvalue weighted by atomic mass is 32.1. The molecule has 0 aliphatic rings. The van der Waals surface area contributed by atoms with Crippen LogP contribution in [-0.4, -0.2) is 21.8 Å². The summed E-state index contributed by atoms with van der Waals surface area (Å²) in [5, 5.41) is 6.65. The van der Waals surface area contributed by atoms with Crippen LogP contribution in [0.2, 0.25) is 0 Å². The molecule has 0 saturated heterocycles. The molecule has 3 rings (SSSR count). The molecule has 26 heavy (non-hydrogen) atoms. The van der Waals surface area contributed by atoms with Gasteiger partial charge in [-0.3, -0.25) is 9.59 Å². The van der Waals surface area contributed by atoms with Crippen molar-refractivity contribution in [3.05, 3.63) is 45.7 Å². The first kappa shape index (κ1) is 18.0. The average Bonchev–Trinajstić information content (AvgIpc) is 2.87. The van der Waals surface area contributed by atoms with Crippen LogP contribution in [0.25, 0.3) is 10.2 Å². The van der Waals surface area contributed by atoms with E-state index in [-0.39, 0.29) is 11.8 Å². The summed E-state index contributed by atoms with van der Waals surface area (Å²) in [6, 6.07) is 5.42. The molecule has 3 aromatic rings. The second kappa shape index (κ2) is 6.84. The van der Waals surface area contributed by atoms with Gasteiger partial charge in [-0.15, -0.1) is 11.3 Å². The Kier molecular flexibility index (Phi) is 4.73. The predicted octanol–water partition coefficient (Wildman–Crippen LogP) is 4.14. The van der Waals surface area contributed by atoms with E-state index in [4.69, 9.17) is 0 Å². The van der Waals surface area contributed by atoms with Crippen LogP contribution in [0.4, 0.5) is 11.4 Å². The van der Waals surface area contributed by atoms with Gasteiger partial charge in [0.05, 0.1) is 4.88 Å². The molecule has 0 bridgehead atoms. The zero-order chi connectivity index (χ0) is 19.0. The topological polar surface area (TPSA) is 84.0 Å². The largest absolute Gasteiger partial charge is 0.326 e. The minimum atomic E-state index is -0.189. The summed E-state index contributed by atoms with van der Waals surface area (Å²) in [6.45, 7) is 9.01. The minimum absolute atomic E-state index is 0.152. The van der Waals surface area contributed by atoms with Gasteiger partial charge in [-0.2, -0.15) is 0 Å². The second-order valence-corrected chi connectivity index (χ2v) is 7.21. The maximum atomic E-state index is 12.9. The first-order chi connectivity index (χ1) is 12.3. The third-order valence-corrected chi connectivity index (χ3v) is 5.37. The molecule has 1 aromatic carbocycles. The molecule has 0 atom stereocenters. The Labute approximate surface area is 155 Å². The van der Waals surface area contributed by atoms with Crippen LogP contribution in [0.1, 0.15) is 39.2 Å². The van der Waals surface area contributed by atoms with Gasteiger partial charge in [0.25, 0.3) is 5.91 Å². The number of hydrogen-bond donors (Lipinski definition) is 2. The quantitative estimate of drug-likeness (QED) is 0.728. The van der Waals surface area contributed by atoms with Gasteiger partial charge in [0, 0.05) is 29.4 Å². The molecular formula is C19H20N4O2S. The summed E-state index contributed by atoms with van der Waals surface area (Å²) in [6.07, 6.45) is 0. The molecule has 2 aromatic heterocycles. The molecule has 0 radical (unpaired) electrons. The molecule has 0 aliphatic carbocycles. The Morgan fingerprint density at radius 2 is 1.62 bits per heavy atom. The third-order valence-electron chi connectivity index (χ3n) is 4.18. The monoisotopic (exact) mass is 368 g/mol. The molecule has 2 amide bonds. The predicted molar refractivity (Wildman–Crippen MR) is 105 cm³/mol. The molecule has 134 valence electrons. The highest BCUT2D eigenvalue weighted by Crippen LogP contribution is 2.32. The number of thiophene rings is 1. The van der Waals surface area contributed by atoms with E-state index in [1.807, 2.05) is 33.8 Å². The van der Waals surface area contributed by atoms with Gasteiger partial charge >= 0.3 is 0 Å². The Morgan fingerprint density at radius 1 is 0.962 bits per heavy atom. The number of aromatic nitrogens is 2. The number of rotatable bonds is 3. The normalized spacial score (nSPS) is 10.8. The third kappa shape index (κ3) is 3.30. The van der Waals surface area contributed by atoms with Gasteiger partial charge in [0.1, 0.15) is 10.7 Å². The van der Waals surface area contributed by atoms with Crippen molar-refractivity contribution in [1.29, 1.82) is 0 Å². The number of amides is 2. The molecule has 2 N–H and O–H groups in total. The summed E-state index contributed by atoms with van der Waals surface area (Å²) in [5.74, 6) is 0.356. The van der Waals surface area contributed by atoms with Gasteiger partial charge in [-0.05, 0) is 51.0 Å². The van der Waals surface area contributed by atoms with Crippen LogP contribution >= 0.6 is 11.3 Å². The fraction of sp³-hybridized carbons (Fsp3) is 0.263. The first-order valence-electron chi connectivity index (χ1n) is 8.20. The van der Waals surface area contributed by atoms with E-state index < -0.39 is 0 Å². The lowest BCUT2D eigenvalue weighted by molar-refractivity contribution is -0.114. The molecular weight excluding hydrogens is 348 g/mol. The van der Waals surface area contributed by atoms with Gasteiger partial charge in [0.15, 0.2) is 0 Å². The van der Waals surface area contributed by atoms with E-state index in [9.17, 15) is 9.59 Å². The molecule has 0 unspecified atom stereocenters. The van der Waals surface area contributed by atoms with Crippen LogP contribution in [0.15, 0.2) is 18.2 Å². The molecule has 0 spiro atoms. The summed E-state index contributed by atoms with van der Waals surface area (Å²) < 4.78 is 0. The maximum absolute atomic E-state index is 12.9. The number of nitrogens with zero attached hydrogens (tertiary/aromatic N) is 2. The van der Waals surface area contributed by atoms with Gasteiger partial charge in [-0.25, -0.2) is 9.97 Å². The van der Waals surface area contributed by atoms with Crippen molar-refractivity contribution in [1.82, 2.24) is 9.97 Å². The lowest BCUT2D eigenvalue weighted by Crippen LogP contribution is -2.14. The average molecular weight is 368 g/mol. The smallest absolute Gasteiger partial charge is 0.266 e. The van der Waals surface area contributed by atoms with Crippen LogP contribution < -0.4 is 10.6 Å². The number of anilines is 2. The number of aryl methyl sites for hydroxylation is 3. The lowest BCUT2D eigenvalue weighted by atomic mass is 10.1. The molecule has 6 nitrogen and oxygen atoms in total. The number of nitrogens with one attached hydrogen (secondary N) is 2. The number of fused-ring (bicyclic) bond motifs is 1. The summed E-state index contributed by atoms with van der Waals surface area (Å²) in [7, 11) is 0. The summed E-state index contributed by atoms with van der Waals surface area (Å²) in [4.78, 5) is 34.5. The summed E-state index contributed by atoms with van der Waals surface area (Å²) >= 11 is 1.37.